The summed E-state index contributed by atoms with van der Waals surface area (Å²) in [6.07, 6.45) is -2.61. The molecular weight excluding hydrogens is 431 g/mol. The molecule has 2 aromatic rings. The number of hydrogen-bond acceptors (Lipinski definition) is 4. The molecule has 31 heavy (non-hydrogen) atoms. The lowest BCUT2D eigenvalue weighted by Gasteiger charge is -2.27. The summed E-state index contributed by atoms with van der Waals surface area (Å²) in [6, 6.07) is 11.9. The molecule has 1 heterocycles. The average Bonchev–Trinajstić information content (AvgIpc) is 2.82. The summed E-state index contributed by atoms with van der Waals surface area (Å²) in [5.74, 6) is 0.119. The molecule has 0 aromatic heterocycles. The minimum absolute atomic E-state index is 0.0986. The zero-order chi connectivity index (χ0) is 22.6. The van der Waals surface area contributed by atoms with Crippen molar-refractivity contribution in [1.29, 1.82) is 5.41 Å². The van der Waals surface area contributed by atoms with Crippen LogP contribution in [0.3, 0.4) is 0 Å². The highest BCUT2D eigenvalue weighted by molar-refractivity contribution is 7.89. The fourth-order valence-corrected chi connectivity index (χ4v) is 4.55. The van der Waals surface area contributed by atoms with E-state index in [4.69, 9.17) is 5.41 Å². The van der Waals surface area contributed by atoms with Crippen LogP contribution >= 0.6 is 0 Å². The quantitative estimate of drug-likeness (QED) is 0.610. The molecule has 0 radical (unpaired) electrons. The summed E-state index contributed by atoms with van der Waals surface area (Å²) in [5, 5.41) is 8.49. The minimum atomic E-state index is -4.84. The fraction of sp³-hybridized carbons (Fsp3) is 0.381. The predicted molar refractivity (Wildman–Crippen MR) is 112 cm³/mol. The van der Waals surface area contributed by atoms with Crippen LogP contribution in [0.25, 0.3) is 0 Å². The van der Waals surface area contributed by atoms with Gasteiger partial charge in [-0.1, -0.05) is 25.1 Å². The molecule has 1 unspecified atom stereocenters. The molecule has 0 bridgehead atoms. The number of nitrogens with zero attached hydrogens (tertiary/aromatic N) is 1. The van der Waals surface area contributed by atoms with Crippen molar-refractivity contribution in [2.45, 2.75) is 37.4 Å². The van der Waals surface area contributed by atoms with E-state index >= 15 is 0 Å². The van der Waals surface area contributed by atoms with Gasteiger partial charge in [0.15, 0.2) is 0 Å². The third kappa shape index (κ3) is 5.98. The number of fused-ring (bicyclic) bond motifs is 1. The highest BCUT2D eigenvalue weighted by atomic mass is 32.2. The fourth-order valence-electron chi connectivity index (χ4n) is 3.48. The van der Waals surface area contributed by atoms with Crippen molar-refractivity contribution in [3.8, 4) is 5.75 Å². The van der Waals surface area contributed by atoms with E-state index in [0.717, 1.165) is 42.8 Å². The van der Waals surface area contributed by atoms with Gasteiger partial charge >= 0.3 is 6.36 Å². The van der Waals surface area contributed by atoms with Crippen molar-refractivity contribution in [2.24, 2.45) is 5.92 Å². The van der Waals surface area contributed by atoms with Gasteiger partial charge in [-0.3, -0.25) is 5.41 Å². The van der Waals surface area contributed by atoms with Gasteiger partial charge in [0.25, 0.3) is 0 Å². The maximum Gasteiger partial charge on any atom is 0.573 e. The Balaban J connectivity index is 1.60. The Kier molecular flexibility index (Phi) is 6.90. The van der Waals surface area contributed by atoms with Crippen LogP contribution in [0.2, 0.25) is 0 Å². The predicted octanol–water partition coefficient (Wildman–Crippen LogP) is 4.32. The Morgan fingerprint density at radius 1 is 1.16 bits per heavy atom. The Morgan fingerprint density at radius 2 is 1.84 bits per heavy atom. The van der Waals surface area contributed by atoms with E-state index in [1.165, 1.54) is 5.56 Å². The maximum atomic E-state index is 12.4. The SMILES string of the molecule is CC1CCc2ccccc2N(CCCNS(=O)(=O)c2ccc(OC(F)(F)F)cc2)C1=N. The molecule has 6 nitrogen and oxygen atoms in total. The maximum absolute atomic E-state index is 12.4. The van der Waals surface area contributed by atoms with Crippen LogP contribution in [0.1, 0.15) is 25.3 Å². The Labute approximate surface area is 179 Å². The number of amidine groups is 1. The largest absolute Gasteiger partial charge is 0.573 e. The number of halogens is 3. The van der Waals surface area contributed by atoms with Gasteiger partial charge in [0.2, 0.25) is 10.0 Å². The number of rotatable bonds is 7. The Bertz CT molecular complexity index is 1020. The molecule has 0 saturated carbocycles. The van der Waals surface area contributed by atoms with Crippen LogP contribution in [0.4, 0.5) is 18.9 Å². The summed E-state index contributed by atoms with van der Waals surface area (Å²) in [5.41, 5.74) is 2.14. The Hall–Kier alpha value is -2.59. The van der Waals surface area contributed by atoms with Crippen molar-refractivity contribution < 1.29 is 26.3 Å². The monoisotopic (exact) mass is 455 g/mol. The number of alkyl halides is 3. The first kappa shape index (κ1) is 23.1. The zero-order valence-corrected chi connectivity index (χ0v) is 17.8. The van der Waals surface area contributed by atoms with Gasteiger partial charge in [-0.25, -0.2) is 13.1 Å². The zero-order valence-electron chi connectivity index (χ0n) is 16.9. The molecule has 1 atom stereocenters. The number of nitrogens with one attached hydrogen (secondary N) is 2. The second-order valence-electron chi connectivity index (χ2n) is 7.38. The number of aryl methyl sites for hydroxylation is 1. The van der Waals surface area contributed by atoms with Gasteiger partial charge in [-0.15, -0.1) is 13.2 Å². The molecule has 2 aromatic carbocycles. The molecule has 0 amide bonds. The van der Waals surface area contributed by atoms with Crippen molar-refractivity contribution in [3.63, 3.8) is 0 Å². The normalized spacial score (nSPS) is 17.2. The molecule has 0 saturated heterocycles. The molecule has 10 heteroatoms. The smallest absolute Gasteiger partial charge is 0.406 e. The van der Waals surface area contributed by atoms with Gasteiger partial charge in [-0.05, 0) is 55.2 Å². The molecule has 1 aliphatic rings. The van der Waals surface area contributed by atoms with E-state index < -0.39 is 22.1 Å². The first-order valence-electron chi connectivity index (χ1n) is 9.86. The first-order chi connectivity index (χ1) is 14.6. The summed E-state index contributed by atoms with van der Waals surface area (Å²) in [7, 11) is -3.87. The third-order valence-electron chi connectivity index (χ3n) is 5.10. The van der Waals surface area contributed by atoms with E-state index in [1.807, 2.05) is 36.1 Å². The standard InChI is InChI=1S/C21H24F3N3O3S/c1-15-7-8-16-5-2-3-6-19(16)27(20(15)25)14-4-13-26-31(28,29)18-11-9-17(10-12-18)30-21(22,23)24/h2-3,5-6,9-12,15,25-26H,4,7-8,13-14H2,1H3. The lowest BCUT2D eigenvalue weighted by Crippen LogP contribution is -2.36. The number of para-hydroxylation sites is 1. The van der Waals surface area contributed by atoms with Gasteiger partial charge in [0.05, 0.1) is 4.90 Å². The highest BCUT2D eigenvalue weighted by Gasteiger charge is 2.31. The van der Waals surface area contributed by atoms with Crippen LogP contribution in [-0.2, 0) is 16.4 Å². The summed E-state index contributed by atoms with van der Waals surface area (Å²) < 4.78 is 67.7. The number of ether oxygens (including phenoxy) is 1. The van der Waals surface area contributed by atoms with Crippen LogP contribution in [0, 0.1) is 11.3 Å². The Morgan fingerprint density at radius 3 is 2.52 bits per heavy atom. The second-order valence-corrected chi connectivity index (χ2v) is 9.14. The van der Waals surface area contributed by atoms with E-state index in [9.17, 15) is 21.6 Å². The average molecular weight is 456 g/mol. The van der Waals surface area contributed by atoms with Crippen molar-refractivity contribution in [1.82, 2.24) is 4.72 Å². The molecule has 2 N–H and O–H groups in total. The van der Waals surface area contributed by atoms with Gasteiger partial charge in [0.1, 0.15) is 11.6 Å². The highest BCUT2D eigenvalue weighted by Crippen LogP contribution is 2.29. The minimum Gasteiger partial charge on any atom is -0.406 e. The molecular formula is C21H24F3N3O3S. The molecule has 0 spiro atoms. The van der Waals surface area contributed by atoms with Crippen molar-refractivity contribution >= 4 is 21.5 Å². The van der Waals surface area contributed by atoms with Gasteiger partial charge < -0.3 is 9.64 Å². The van der Waals surface area contributed by atoms with Crippen LogP contribution < -0.4 is 14.4 Å². The molecule has 0 aliphatic carbocycles. The molecule has 0 fully saturated rings. The second kappa shape index (κ2) is 9.27. The lowest BCUT2D eigenvalue weighted by atomic mass is 10.0. The molecule has 1 aliphatic heterocycles. The number of sulfonamides is 1. The van der Waals surface area contributed by atoms with Crippen LogP contribution in [0.5, 0.6) is 5.75 Å². The van der Waals surface area contributed by atoms with Crippen LogP contribution in [-0.4, -0.2) is 33.7 Å². The van der Waals surface area contributed by atoms with Crippen molar-refractivity contribution in [2.75, 3.05) is 18.0 Å². The first-order valence-corrected chi connectivity index (χ1v) is 11.3. The summed E-state index contributed by atoms with van der Waals surface area (Å²) in [4.78, 5) is 1.77. The van der Waals surface area contributed by atoms with Gasteiger partial charge in [0, 0.05) is 24.7 Å². The van der Waals surface area contributed by atoms with Gasteiger partial charge in [-0.2, -0.15) is 0 Å². The van der Waals surface area contributed by atoms with Crippen LogP contribution in [0.15, 0.2) is 53.4 Å². The molecule has 168 valence electrons. The van der Waals surface area contributed by atoms with E-state index in [-0.39, 0.29) is 17.4 Å². The number of anilines is 1. The number of hydrogen-bond donors (Lipinski definition) is 2. The topological polar surface area (TPSA) is 82.5 Å². The van der Waals surface area contributed by atoms with E-state index in [1.54, 1.807) is 0 Å². The molecule has 3 rings (SSSR count). The lowest BCUT2D eigenvalue weighted by molar-refractivity contribution is -0.274. The van der Waals surface area contributed by atoms with E-state index in [2.05, 4.69) is 9.46 Å². The third-order valence-corrected chi connectivity index (χ3v) is 6.58. The van der Waals surface area contributed by atoms with Crippen molar-refractivity contribution in [3.05, 3.63) is 54.1 Å². The van der Waals surface area contributed by atoms with E-state index in [0.29, 0.717) is 18.8 Å². The summed E-state index contributed by atoms with van der Waals surface area (Å²) in [6.45, 7) is 2.61. The summed E-state index contributed by atoms with van der Waals surface area (Å²) >= 11 is 0. The number of benzene rings is 2.